The van der Waals surface area contributed by atoms with E-state index >= 15 is 0 Å². The summed E-state index contributed by atoms with van der Waals surface area (Å²) in [4.78, 5) is 0. The number of allylic oxidation sites excluding steroid dienone is 2. The average molecular weight is 220 g/mol. The molecule has 0 saturated heterocycles. The highest BCUT2D eigenvalue weighted by Crippen LogP contribution is 2.80. The van der Waals surface area contributed by atoms with Gasteiger partial charge in [0, 0.05) is 0 Å². The fourth-order valence-corrected chi connectivity index (χ4v) is 5.12. The van der Waals surface area contributed by atoms with Gasteiger partial charge in [-0.15, -0.1) is 0 Å². The van der Waals surface area contributed by atoms with E-state index in [-0.39, 0.29) is 11.5 Å². The summed E-state index contributed by atoms with van der Waals surface area (Å²) in [5.41, 5.74) is 2.52. The first-order chi connectivity index (χ1) is 7.35. The lowest BCUT2D eigenvalue weighted by Crippen LogP contribution is -2.53. The molecule has 0 heterocycles. The standard InChI is InChI=1S/C15H24O/c1-10-5-7-14(4)8-6-12(16)13(2,3)15(14)9-11(10)15/h5,11-12,16H,6-9H2,1-4H3/t11-,12+,14+,15-/m1/s1. The zero-order valence-corrected chi connectivity index (χ0v) is 11.0. The summed E-state index contributed by atoms with van der Waals surface area (Å²) in [6, 6.07) is 0. The minimum atomic E-state index is -0.100. The summed E-state index contributed by atoms with van der Waals surface area (Å²) in [7, 11) is 0. The Bertz CT molecular complexity index is 368. The predicted molar refractivity (Wildman–Crippen MR) is 66.0 cm³/mol. The Morgan fingerprint density at radius 3 is 2.69 bits per heavy atom. The average Bonchev–Trinajstić information content (AvgIpc) is 2.97. The number of hydrogen-bond donors (Lipinski definition) is 1. The Kier molecular flexibility index (Phi) is 1.86. The van der Waals surface area contributed by atoms with Crippen molar-refractivity contribution in [3.63, 3.8) is 0 Å². The second kappa shape index (κ2) is 2.75. The molecule has 1 nitrogen and oxygen atoms in total. The third-order valence-electron chi connectivity index (χ3n) is 6.41. The largest absolute Gasteiger partial charge is 0.393 e. The number of rotatable bonds is 0. The predicted octanol–water partition coefficient (Wildman–Crippen LogP) is 3.53. The summed E-state index contributed by atoms with van der Waals surface area (Å²) in [5, 5.41) is 10.3. The summed E-state index contributed by atoms with van der Waals surface area (Å²) in [5.74, 6) is 0.760. The maximum atomic E-state index is 10.3. The fourth-order valence-electron chi connectivity index (χ4n) is 5.12. The van der Waals surface area contributed by atoms with Crippen LogP contribution in [0.2, 0.25) is 0 Å². The molecule has 16 heavy (non-hydrogen) atoms. The molecule has 90 valence electrons. The van der Waals surface area contributed by atoms with E-state index in [1.165, 1.54) is 19.3 Å². The molecular weight excluding hydrogens is 196 g/mol. The lowest BCUT2D eigenvalue weighted by Gasteiger charge is -2.56. The molecule has 0 bridgehead atoms. The monoisotopic (exact) mass is 220 g/mol. The van der Waals surface area contributed by atoms with Crippen LogP contribution in [0, 0.1) is 22.2 Å². The third-order valence-corrected chi connectivity index (χ3v) is 6.41. The van der Waals surface area contributed by atoms with Gasteiger partial charge in [0.25, 0.3) is 0 Å². The summed E-state index contributed by atoms with van der Waals surface area (Å²) >= 11 is 0. The van der Waals surface area contributed by atoms with E-state index < -0.39 is 0 Å². The molecule has 0 aliphatic heterocycles. The highest BCUT2D eigenvalue weighted by Gasteiger charge is 2.74. The van der Waals surface area contributed by atoms with E-state index in [0.717, 1.165) is 12.3 Å². The molecule has 3 aliphatic rings. The van der Waals surface area contributed by atoms with Gasteiger partial charge < -0.3 is 5.11 Å². The van der Waals surface area contributed by atoms with Gasteiger partial charge in [0.1, 0.15) is 0 Å². The molecule has 2 fully saturated rings. The van der Waals surface area contributed by atoms with Crippen LogP contribution in [0.5, 0.6) is 0 Å². The zero-order valence-electron chi connectivity index (χ0n) is 11.0. The van der Waals surface area contributed by atoms with E-state index in [4.69, 9.17) is 0 Å². The lowest BCUT2D eigenvalue weighted by molar-refractivity contribution is -0.119. The van der Waals surface area contributed by atoms with Crippen LogP contribution in [0.4, 0.5) is 0 Å². The topological polar surface area (TPSA) is 20.2 Å². The third kappa shape index (κ3) is 0.932. The highest BCUT2D eigenvalue weighted by atomic mass is 16.3. The zero-order chi connectivity index (χ0) is 11.8. The van der Waals surface area contributed by atoms with Gasteiger partial charge in [-0.3, -0.25) is 0 Å². The van der Waals surface area contributed by atoms with Gasteiger partial charge in [0.15, 0.2) is 0 Å². The smallest absolute Gasteiger partial charge is 0.0597 e. The van der Waals surface area contributed by atoms with Gasteiger partial charge in [0.2, 0.25) is 0 Å². The van der Waals surface area contributed by atoms with Crippen molar-refractivity contribution in [2.45, 2.75) is 59.5 Å². The van der Waals surface area contributed by atoms with Crippen LogP contribution >= 0.6 is 0 Å². The van der Waals surface area contributed by atoms with E-state index in [9.17, 15) is 5.11 Å². The molecule has 0 aromatic carbocycles. The van der Waals surface area contributed by atoms with Crippen molar-refractivity contribution >= 4 is 0 Å². The van der Waals surface area contributed by atoms with E-state index in [0.29, 0.717) is 10.8 Å². The summed E-state index contributed by atoms with van der Waals surface area (Å²) in [6.45, 7) is 9.35. The molecule has 1 heteroatoms. The summed E-state index contributed by atoms with van der Waals surface area (Å²) < 4.78 is 0. The molecule has 0 unspecified atom stereocenters. The molecule has 0 aromatic heterocycles. The molecule has 1 N–H and O–H groups in total. The Morgan fingerprint density at radius 2 is 2.00 bits per heavy atom. The Morgan fingerprint density at radius 1 is 1.31 bits per heavy atom. The maximum Gasteiger partial charge on any atom is 0.0597 e. The van der Waals surface area contributed by atoms with Crippen LogP contribution in [-0.2, 0) is 0 Å². The Labute approximate surface area is 98.9 Å². The second-order valence-corrected chi connectivity index (χ2v) is 7.22. The minimum absolute atomic E-state index is 0.0974. The van der Waals surface area contributed by atoms with Crippen molar-refractivity contribution < 1.29 is 5.11 Å². The van der Waals surface area contributed by atoms with Crippen LogP contribution in [-0.4, -0.2) is 11.2 Å². The quantitative estimate of drug-likeness (QED) is 0.619. The van der Waals surface area contributed by atoms with E-state index in [1.54, 1.807) is 5.57 Å². The van der Waals surface area contributed by atoms with Crippen LogP contribution in [0.25, 0.3) is 0 Å². The van der Waals surface area contributed by atoms with Crippen molar-refractivity contribution in [1.29, 1.82) is 0 Å². The molecule has 1 spiro atoms. The van der Waals surface area contributed by atoms with Crippen molar-refractivity contribution in [3.8, 4) is 0 Å². The van der Waals surface area contributed by atoms with Gasteiger partial charge in [-0.1, -0.05) is 32.4 Å². The summed E-state index contributed by atoms with van der Waals surface area (Å²) in [6.07, 6.45) is 7.10. The van der Waals surface area contributed by atoms with Gasteiger partial charge in [-0.05, 0) is 54.8 Å². The highest BCUT2D eigenvalue weighted by molar-refractivity contribution is 5.34. The van der Waals surface area contributed by atoms with Crippen molar-refractivity contribution in [1.82, 2.24) is 0 Å². The first-order valence-electron chi connectivity index (χ1n) is 6.70. The second-order valence-electron chi connectivity index (χ2n) is 7.22. The number of aliphatic hydroxyl groups is 1. The van der Waals surface area contributed by atoms with Crippen molar-refractivity contribution in [2.75, 3.05) is 0 Å². The SMILES string of the molecule is CC1=CC[C@@]2(C)CC[C@H](O)C(C)(C)[C@]23C[C@H]13. The Balaban J connectivity index is 2.11. The van der Waals surface area contributed by atoms with Crippen LogP contribution in [0.15, 0.2) is 11.6 Å². The molecule has 0 aromatic rings. The Hall–Kier alpha value is -0.300. The molecule has 4 atom stereocenters. The maximum absolute atomic E-state index is 10.3. The van der Waals surface area contributed by atoms with Gasteiger partial charge >= 0.3 is 0 Å². The molecule has 3 aliphatic carbocycles. The van der Waals surface area contributed by atoms with Crippen LogP contribution in [0.1, 0.15) is 53.4 Å². The molecule has 0 radical (unpaired) electrons. The van der Waals surface area contributed by atoms with Gasteiger partial charge in [-0.25, -0.2) is 0 Å². The van der Waals surface area contributed by atoms with E-state index in [1.807, 2.05) is 0 Å². The first-order valence-corrected chi connectivity index (χ1v) is 6.70. The van der Waals surface area contributed by atoms with Gasteiger partial charge in [-0.2, -0.15) is 0 Å². The van der Waals surface area contributed by atoms with Crippen molar-refractivity contribution in [2.24, 2.45) is 22.2 Å². The minimum Gasteiger partial charge on any atom is -0.393 e. The molecular formula is C15H24O. The van der Waals surface area contributed by atoms with Crippen LogP contribution < -0.4 is 0 Å². The van der Waals surface area contributed by atoms with E-state index in [2.05, 4.69) is 33.8 Å². The number of aliphatic hydroxyl groups excluding tert-OH is 1. The molecule has 3 rings (SSSR count). The van der Waals surface area contributed by atoms with Crippen molar-refractivity contribution in [3.05, 3.63) is 11.6 Å². The molecule has 2 saturated carbocycles. The number of hydrogen-bond acceptors (Lipinski definition) is 1. The molecule has 0 amide bonds. The normalized spacial score (nSPS) is 53.7. The van der Waals surface area contributed by atoms with Gasteiger partial charge in [0.05, 0.1) is 6.10 Å². The fraction of sp³-hybridized carbons (Fsp3) is 0.867. The van der Waals surface area contributed by atoms with Crippen LogP contribution in [0.3, 0.4) is 0 Å². The lowest BCUT2D eigenvalue weighted by atomic mass is 9.49. The first kappa shape index (κ1) is 10.8.